The van der Waals surface area contributed by atoms with Crippen molar-refractivity contribution < 1.29 is 19.4 Å². The molecule has 0 radical (unpaired) electrons. The fourth-order valence-corrected chi connectivity index (χ4v) is 3.00. The number of carbonyl (C=O) groups is 2. The molecule has 2 N–H and O–H groups in total. The Morgan fingerprint density at radius 1 is 1.20 bits per heavy atom. The molecule has 20 heavy (non-hydrogen) atoms. The molecule has 0 saturated carbocycles. The van der Waals surface area contributed by atoms with E-state index >= 15 is 0 Å². The van der Waals surface area contributed by atoms with E-state index in [1.807, 2.05) is 4.90 Å². The Balaban J connectivity index is 1.79. The molecule has 2 fully saturated rings. The van der Waals surface area contributed by atoms with Crippen molar-refractivity contribution in [3.8, 4) is 0 Å². The number of carboxylic acids is 1. The summed E-state index contributed by atoms with van der Waals surface area (Å²) in [5.41, 5.74) is 0. The summed E-state index contributed by atoms with van der Waals surface area (Å²) in [6, 6.07) is 0.209. The van der Waals surface area contributed by atoms with Gasteiger partial charge in [0.15, 0.2) is 0 Å². The van der Waals surface area contributed by atoms with Gasteiger partial charge < -0.3 is 15.2 Å². The van der Waals surface area contributed by atoms with E-state index in [4.69, 9.17) is 9.84 Å². The molecule has 1 unspecified atom stereocenters. The molecular formula is C14H24N2O4. The van der Waals surface area contributed by atoms with E-state index in [0.29, 0.717) is 19.8 Å². The van der Waals surface area contributed by atoms with Crippen LogP contribution in [0.5, 0.6) is 0 Å². The SMILES string of the molecule is O=C(O)CC1CCCCN1CC(=O)NC1CCOCC1. The first kappa shape index (κ1) is 15.3. The van der Waals surface area contributed by atoms with E-state index in [0.717, 1.165) is 38.6 Å². The van der Waals surface area contributed by atoms with Crippen LogP contribution in [0.1, 0.15) is 38.5 Å². The van der Waals surface area contributed by atoms with Crippen molar-refractivity contribution in [3.05, 3.63) is 0 Å². The number of likely N-dealkylation sites (tertiary alicyclic amines) is 1. The minimum absolute atomic E-state index is 0.00156. The summed E-state index contributed by atoms with van der Waals surface area (Å²) >= 11 is 0. The molecule has 2 rings (SSSR count). The first-order valence-electron chi connectivity index (χ1n) is 7.48. The number of aliphatic carboxylic acids is 1. The van der Waals surface area contributed by atoms with Gasteiger partial charge in [-0.3, -0.25) is 14.5 Å². The van der Waals surface area contributed by atoms with Gasteiger partial charge >= 0.3 is 5.97 Å². The van der Waals surface area contributed by atoms with Crippen LogP contribution in [0, 0.1) is 0 Å². The lowest BCUT2D eigenvalue weighted by Crippen LogP contribution is -2.49. The van der Waals surface area contributed by atoms with Crippen molar-refractivity contribution in [1.29, 1.82) is 0 Å². The number of nitrogens with one attached hydrogen (secondary N) is 1. The molecule has 0 spiro atoms. The van der Waals surface area contributed by atoms with Crippen molar-refractivity contribution in [2.24, 2.45) is 0 Å². The number of piperidine rings is 1. The summed E-state index contributed by atoms with van der Waals surface area (Å²) in [7, 11) is 0. The van der Waals surface area contributed by atoms with Gasteiger partial charge in [-0.15, -0.1) is 0 Å². The normalized spacial score (nSPS) is 25.3. The second-order valence-corrected chi connectivity index (χ2v) is 5.67. The monoisotopic (exact) mass is 284 g/mol. The first-order valence-corrected chi connectivity index (χ1v) is 7.48. The molecule has 2 aliphatic heterocycles. The largest absolute Gasteiger partial charge is 0.481 e. The number of ether oxygens (including phenoxy) is 1. The van der Waals surface area contributed by atoms with Gasteiger partial charge in [0.1, 0.15) is 0 Å². The van der Waals surface area contributed by atoms with Crippen LogP contribution in [-0.4, -0.2) is 60.3 Å². The smallest absolute Gasteiger partial charge is 0.304 e. The van der Waals surface area contributed by atoms with Crippen LogP contribution in [0.2, 0.25) is 0 Å². The number of hydrogen-bond donors (Lipinski definition) is 2. The Kier molecular flexibility index (Phi) is 5.79. The molecule has 6 heteroatoms. The molecule has 0 aromatic rings. The third-order valence-corrected chi connectivity index (χ3v) is 4.09. The van der Waals surface area contributed by atoms with Crippen molar-refractivity contribution in [2.45, 2.75) is 50.6 Å². The quantitative estimate of drug-likeness (QED) is 0.773. The maximum atomic E-state index is 12.1. The molecule has 0 aromatic heterocycles. The molecule has 114 valence electrons. The number of carbonyl (C=O) groups excluding carboxylic acids is 1. The van der Waals surface area contributed by atoms with Gasteiger partial charge in [-0.1, -0.05) is 6.42 Å². The molecule has 0 aliphatic carbocycles. The highest BCUT2D eigenvalue weighted by Crippen LogP contribution is 2.19. The fraction of sp³-hybridized carbons (Fsp3) is 0.857. The molecule has 2 heterocycles. The lowest BCUT2D eigenvalue weighted by atomic mass is 9.99. The van der Waals surface area contributed by atoms with E-state index in [1.165, 1.54) is 0 Å². The number of hydrogen-bond acceptors (Lipinski definition) is 4. The number of amides is 1. The lowest BCUT2D eigenvalue weighted by Gasteiger charge is -2.34. The number of rotatable bonds is 5. The Morgan fingerprint density at radius 3 is 2.65 bits per heavy atom. The van der Waals surface area contributed by atoms with Crippen LogP contribution in [0.4, 0.5) is 0 Å². The van der Waals surface area contributed by atoms with Crippen LogP contribution >= 0.6 is 0 Å². The number of nitrogens with zero attached hydrogens (tertiary/aromatic N) is 1. The molecule has 1 atom stereocenters. The topological polar surface area (TPSA) is 78.9 Å². The molecular weight excluding hydrogens is 260 g/mol. The zero-order valence-electron chi connectivity index (χ0n) is 11.8. The highest BCUT2D eigenvalue weighted by atomic mass is 16.5. The highest BCUT2D eigenvalue weighted by Gasteiger charge is 2.27. The van der Waals surface area contributed by atoms with E-state index in [1.54, 1.807) is 0 Å². The van der Waals surface area contributed by atoms with Crippen molar-refractivity contribution in [2.75, 3.05) is 26.3 Å². The highest BCUT2D eigenvalue weighted by molar-refractivity contribution is 5.78. The molecule has 2 aliphatic rings. The van der Waals surface area contributed by atoms with Gasteiger partial charge in [0.05, 0.1) is 13.0 Å². The first-order chi connectivity index (χ1) is 9.65. The van der Waals surface area contributed by atoms with Crippen LogP contribution in [0.25, 0.3) is 0 Å². The molecule has 0 bridgehead atoms. The van der Waals surface area contributed by atoms with Gasteiger partial charge in [-0.2, -0.15) is 0 Å². The standard InChI is InChI=1S/C14H24N2O4/c17-13(15-11-4-7-20-8-5-11)10-16-6-2-1-3-12(16)9-14(18)19/h11-12H,1-10H2,(H,15,17)(H,18,19). The molecule has 6 nitrogen and oxygen atoms in total. The maximum absolute atomic E-state index is 12.1. The Bertz CT molecular complexity index is 342. The van der Waals surface area contributed by atoms with Crippen LogP contribution in [-0.2, 0) is 14.3 Å². The Morgan fingerprint density at radius 2 is 1.95 bits per heavy atom. The zero-order chi connectivity index (χ0) is 14.4. The average molecular weight is 284 g/mol. The van der Waals surface area contributed by atoms with Crippen molar-refractivity contribution in [1.82, 2.24) is 10.2 Å². The van der Waals surface area contributed by atoms with E-state index in [9.17, 15) is 9.59 Å². The second-order valence-electron chi connectivity index (χ2n) is 5.67. The maximum Gasteiger partial charge on any atom is 0.304 e. The summed E-state index contributed by atoms with van der Waals surface area (Å²) in [4.78, 5) is 25.0. The van der Waals surface area contributed by atoms with Crippen LogP contribution < -0.4 is 5.32 Å². The van der Waals surface area contributed by atoms with Gasteiger partial charge in [-0.05, 0) is 32.2 Å². The zero-order valence-corrected chi connectivity index (χ0v) is 11.8. The predicted octanol–water partition coefficient (Wildman–Crippen LogP) is 0.611. The summed E-state index contributed by atoms with van der Waals surface area (Å²) < 4.78 is 5.27. The molecule has 0 aromatic carbocycles. The molecule has 1 amide bonds. The lowest BCUT2D eigenvalue weighted by molar-refractivity contribution is -0.139. The van der Waals surface area contributed by atoms with Gasteiger partial charge in [0, 0.05) is 25.3 Å². The summed E-state index contributed by atoms with van der Waals surface area (Å²) in [5.74, 6) is -0.777. The summed E-state index contributed by atoms with van der Waals surface area (Å²) in [6.45, 7) is 2.54. The van der Waals surface area contributed by atoms with Crippen molar-refractivity contribution >= 4 is 11.9 Å². The van der Waals surface area contributed by atoms with Crippen LogP contribution in [0.3, 0.4) is 0 Å². The van der Waals surface area contributed by atoms with Gasteiger partial charge in [0.2, 0.25) is 5.91 Å². The summed E-state index contributed by atoms with van der Waals surface area (Å²) in [6.07, 6.45) is 4.83. The van der Waals surface area contributed by atoms with E-state index in [-0.39, 0.29) is 24.4 Å². The summed E-state index contributed by atoms with van der Waals surface area (Å²) in [5, 5.41) is 12.0. The van der Waals surface area contributed by atoms with Gasteiger partial charge in [-0.25, -0.2) is 0 Å². The molecule has 2 saturated heterocycles. The minimum atomic E-state index is -0.785. The third kappa shape index (κ3) is 4.76. The number of carboxylic acid groups (broad SMARTS) is 1. The Hall–Kier alpha value is -1.14. The van der Waals surface area contributed by atoms with Gasteiger partial charge in [0.25, 0.3) is 0 Å². The van der Waals surface area contributed by atoms with Crippen LogP contribution in [0.15, 0.2) is 0 Å². The minimum Gasteiger partial charge on any atom is -0.481 e. The average Bonchev–Trinajstić information content (AvgIpc) is 2.41. The van der Waals surface area contributed by atoms with E-state index < -0.39 is 5.97 Å². The second kappa shape index (κ2) is 7.59. The Labute approximate surface area is 119 Å². The third-order valence-electron chi connectivity index (χ3n) is 4.09. The fourth-order valence-electron chi connectivity index (χ4n) is 3.00. The predicted molar refractivity (Wildman–Crippen MR) is 73.4 cm³/mol. The van der Waals surface area contributed by atoms with E-state index in [2.05, 4.69) is 5.32 Å². The van der Waals surface area contributed by atoms with Crippen molar-refractivity contribution in [3.63, 3.8) is 0 Å².